The number of hydrogen-bond acceptors (Lipinski definition) is 6. The molecule has 2 amide bonds. The second kappa shape index (κ2) is 10.6. The third-order valence-corrected chi connectivity index (χ3v) is 6.30. The molecule has 1 aromatic heterocycles. The number of amides is 2. The molecular formula is C26H31N5O3. The first-order valence-electron chi connectivity index (χ1n) is 11.7. The third kappa shape index (κ3) is 5.70. The van der Waals surface area contributed by atoms with Crippen LogP contribution in [-0.4, -0.2) is 47.1 Å². The molecule has 1 unspecified atom stereocenters. The molecule has 1 aliphatic rings. The van der Waals surface area contributed by atoms with Crippen molar-refractivity contribution in [2.45, 2.75) is 38.3 Å². The lowest BCUT2D eigenvalue weighted by atomic mass is 10.0. The minimum atomic E-state index is -0.798. The summed E-state index contributed by atoms with van der Waals surface area (Å²) in [6.07, 6.45) is 3.46. The molecule has 0 saturated carbocycles. The van der Waals surface area contributed by atoms with Crippen LogP contribution >= 0.6 is 0 Å². The lowest BCUT2D eigenvalue weighted by Crippen LogP contribution is -2.50. The Kier molecular flexibility index (Phi) is 7.40. The lowest BCUT2D eigenvalue weighted by Gasteiger charge is -2.21. The number of nitrogens with two attached hydrogens (primary N) is 1. The van der Waals surface area contributed by atoms with Crippen molar-refractivity contribution in [2.75, 3.05) is 18.4 Å². The number of anilines is 1. The van der Waals surface area contributed by atoms with Crippen LogP contribution in [0.5, 0.6) is 5.75 Å². The standard InChI is InChI=1S/C26H31N5O3/c1-2-16-5-8-22-19(9-16)12-20(15-29-22)30-26(34)24(10-17-3-6-21(32)7-4-17)31-25(33)23-11-18(13-27)14-28-23/h3-9,12,15,18,23-24,28,32H,2,10-11,13-14,27H2,1H3,(H,30,34)(H,31,33)/t18-,23-,24?/m1/s1. The van der Waals surface area contributed by atoms with E-state index in [0.717, 1.165) is 22.9 Å². The van der Waals surface area contributed by atoms with E-state index in [-0.39, 0.29) is 35.9 Å². The average Bonchev–Trinajstić information content (AvgIpc) is 3.34. The summed E-state index contributed by atoms with van der Waals surface area (Å²) in [6.45, 7) is 3.29. The van der Waals surface area contributed by atoms with Gasteiger partial charge in [0.1, 0.15) is 11.8 Å². The number of nitrogens with zero attached hydrogens (tertiary/aromatic N) is 1. The highest BCUT2D eigenvalue weighted by molar-refractivity contribution is 5.99. The number of rotatable bonds is 8. The van der Waals surface area contributed by atoms with E-state index in [4.69, 9.17) is 5.73 Å². The summed E-state index contributed by atoms with van der Waals surface area (Å²) >= 11 is 0. The van der Waals surface area contributed by atoms with Crippen LogP contribution in [0.15, 0.2) is 54.7 Å². The van der Waals surface area contributed by atoms with Crippen LogP contribution in [0.1, 0.15) is 24.5 Å². The molecule has 0 aliphatic carbocycles. The largest absolute Gasteiger partial charge is 0.508 e. The van der Waals surface area contributed by atoms with Crippen molar-refractivity contribution in [1.29, 1.82) is 0 Å². The Labute approximate surface area is 199 Å². The first kappa shape index (κ1) is 23.7. The van der Waals surface area contributed by atoms with E-state index in [0.29, 0.717) is 25.2 Å². The number of carbonyl (C=O) groups excluding carboxylic acids is 2. The van der Waals surface area contributed by atoms with Crippen molar-refractivity contribution < 1.29 is 14.7 Å². The maximum absolute atomic E-state index is 13.3. The number of nitrogens with one attached hydrogen (secondary N) is 3. The van der Waals surface area contributed by atoms with Gasteiger partial charge in [0.25, 0.3) is 0 Å². The fourth-order valence-corrected chi connectivity index (χ4v) is 4.24. The van der Waals surface area contributed by atoms with Crippen molar-refractivity contribution in [3.8, 4) is 5.75 Å². The summed E-state index contributed by atoms with van der Waals surface area (Å²) in [5, 5.41) is 19.5. The number of fused-ring (bicyclic) bond motifs is 1. The van der Waals surface area contributed by atoms with Gasteiger partial charge in [-0.05, 0) is 73.3 Å². The lowest BCUT2D eigenvalue weighted by molar-refractivity contribution is -0.127. The van der Waals surface area contributed by atoms with Crippen LogP contribution in [-0.2, 0) is 22.4 Å². The highest BCUT2D eigenvalue weighted by atomic mass is 16.3. The fourth-order valence-electron chi connectivity index (χ4n) is 4.24. The number of aromatic nitrogens is 1. The van der Waals surface area contributed by atoms with Gasteiger partial charge in [0, 0.05) is 11.8 Å². The topological polar surface area (TPSA) is 129 Å². The quantitative estimate of drug-likeness (QED) is 0.349. The monoisotopic (exact) mass is 461 g/mol. The van der Waals surface area contributed by atoms with Crippen molar-refractivity contribution in [1.82, 2.24) is 15.6 Å². The Hall–Kier alpha value is -3.49. The predicted molar refractivity (Wildman–Crippen MR) is 132 cm³/mol. The number of hydrogen-bond donors (Lipinski definition) is 5. The fraction of sp³-hybridized carbons (Fsp3) is 0.346. The summed E-state index contributed by atoms with van der Waals surface area (Å²) in [5.74, 6) is -0.163. The molecule has 0 spiro atoms. The Bertz CT molecular complexity index is 1160. The van der Waals surface area contributed by atoms with Gasteiger partial charge < -0.3 is 26.8 Å². The van der Waals surface area contributed by atoms with Crippen molar-refractivity contribution in [3.63, 3.8) is 0 Å². The first-order chi connectivity index (χ1) is 16.4. The maximum Gasteiger partial charge on any atom is 0.247 e. The molecule has 2 heterocycles. The molecule has 6 N–H and O–H groups in total. The van der Waals surface area contributed by atoms with Crippen LogP contribution < -0.4 is 21.7 Å². The summed E-state index contributed by atoms with van der Waals surface area (Å²) in [4.78, 5) is 30.6. The molecule has 3 aromatic rings. The molecule has 8 heteroatoms. The zero-order valence-electron chi connectivity index (χ0n) is 19.3. The van der Waals surface area contributed by atoms with Crippen molar-refractivity contribution in [2.24, 2.45) is 11.7 Å². The second-order valence-electron chi connectivity index (χ2n) is 8.82. The van der Waals surface area contributed by atoms with Crippen molar-refractivity contribution in [3.05, 3.63) is 65.9 Å². The van der Waals surface area contributed by atoms with Crippen LogP contribution in [0, 0.1) is 5.92 Å². The second-order valence-corrected chi connectivity index (χ2v) is 8.82. The van der Waals surface area contributed by atoms with Gasteiger partial charge in [0.05, 0.1) is 23.4 Å². The van der Waals surface area contributed by atoms with Gasteiger partial charge in [-0.1, -0.05) is 25.1 Å². The molecule has 1 saturated heterocycles. The summed E-state index contributed by atoms with van der Waals surface area (Å²) in [5.41, 5.74) is 9.17. The smallest absolute Gasteiger partial charge is 0.247 e. The molecular weight excluding hydrogens is 430 g/mol. The molecule has 4 rings (SSSR count). The van der Waals surface area contributed by atoms with Gasteiger partial charge in [0.15, 0.2) is 0 Å². The van der Waals surface area contributed by atoms with E-state index in [9.17, 15) is 14.7 Å². The molecule has 0 bridgehead atoms. The van der Waals surface area contributed by atoms with Gasteiger partial charge in [-0.3, -0.25) is 14.6 Å². The number of benzene rings is 2. The van der Waals surface area contributed by atoms with E-state index in [1.165, 1.54) is 5.56 Å². The minimum absolute atomic E-state index is 0.144. The molecule has 2 aromatic carbocycles. The van der Waals surface area contributed by atoms with Crippen LogP contribution in [0.2, 0.25) is 0 Å². The minimum Gasteiger partial charge on any atom is -0.508 e. The van der Waals surface area contributed by atoms with E-state index in [2.05, 4.69) is 33.9 Å². The third-order valence-electron chi connectivity index (χ3n) is 6.30. The highest BCUT2D eigenvalue weighted by Gasteiger charge is 2.31. The molecule has 1 fully saturated rings. The Morgan fingerprint density at radius 2 is 1.94 bits per heavy atom. The number of phenols is 1. The van der Waals surface area contributed by atoms with Gasteiger partial charge in [-0.25, -0.2) is 0 Å². The zero-order valence-corrected chi connectivity index (χ0v) is 19.3. The van der Waals surface area contributed by atoms with Crippen molar-refractivity contribution >= 4 is 28.4 Å². The van der Waals surface area contributed by atoms with E-state index >= 15 is 0 Å². The Morgan fingerprint density at radius 3 is 2.65 bits per heavy atom. The molecule has 0 radical (unpaired) electrons. The normalized spacial score (nSPS) is 18.5. The number of aromatic hydroxyl groups is 1. The van der Waals surface area contributed by atoms with Gasteiger partial charge in [-0.15, -0.1) is 0 Å². The van der Waals surface area contributed by atoms with Gasteiger partial charge >= 0.3 is 0 Å². The molecule has 34 heavy (non-hydrogen) atoms. The summed E-state index contributed by atoms with van der Waals surface area (Å²) in [7, 11) is 0. The average molecular weight is 462 g/mol. The zero-order chi connectivity index (χ0) is 24.1. The molecule has 3 atom stereocenters. The van der Waals surface area contributed by atoms with Crippen LogP contribution in [0.25, 0.3) is 10.9 Å². The number of phenolic OH excluding ortho intramolecular Hbond substituents is 1. The van der Waals surface area contributed by atoms with Crippen LogP contribution in [0.3, 0.4) is 0 Å². The Morgan fingerprint density at radius 1 is 1.18 bits per heavy atom. The number of carbonyl (C=O) groups is 2. The first-order valence-corrected chi connectivity index (χ1v) is 11.7. The maximum atomic E-state index is 13.3. The molecule has 8 nitrogen and oxygen atoms in total. The highest BCUT2D eigenvalue weighted by Crippen LogP contribution is 2.20. The van der Waals surface area contributed by atoms with Gasteiger partial charge in [0.2, 0.25) is 11.8 Å². The number of aryl methyl sites for hydroxylation is 1. The molecule has 178 valence electrons. The van der Waals surface area contributed by atoms with E-state index < -0.39 is 6.04 Å². The SMILES string of the molecule is CCc1ccc2ncc(NC(=O)C(Cc3ccc(O)cc3)NC(=O)[C@H]3C[C@H](CN)CN3)cc2c1. The summed E-state index contributed by atoms with van der Waals surface area (Å²) in [6, 6.07) is 13.4. The number of pyridine rings is 1. The van der Waals surface area contributed by atoms with Crippen LogP contribution in [0.4, 0.5) is 5.69 Å². The Balaban J connectivity index is 1.52. The summed E-state index contributed by atoms with van der Waals surface area (Å²) < 4.78 is 0. The molecule has 1 aliphatic heterocycles. The van der Waals surface area contributed by atoms with E-state index in [1.807, 2.05) is 18.2 Å². The van der Waals surface area contributed by atoms with E-state index in [1.54, 1.807) is 30.5 Å². The predicted octanol–water partition coefficient (Wildman–Crippen LogP) is 2.11. The van der Waals surface area contributed by atoms with Gasteiger partial charge in [-0.2, -0.15) is 0 Å².